The van der Waals surface area contributed by atoms with Crippen molar-refractivity contribution in [3.8, 4) is 5.75 Å². The molecular weight excluding hydrogens is 534 g/mol. The third-order valence-corrected chi connectivity index (χ3v) is 8.84. The molecule has 2 bridgehead atoms. The van der Waals surface area contributed by atoms with E-state index in [1.165, 1.54) is 4.90 Å². The predicted octanol–water partition coefficient (Wildman–Crippen LogP) is 3.18. The summed E-state index contributed by atoms with van der Waals surface area (Å²) in [5.41, 5.74) is 0.401. The maximum absolute atomic E-state index is 14.5. The van der Waals surface area contributed by atoms with Crippen molar-refractivity contribution < 1.29 is 29.0 Å². The number of methoxy groups -OCH3 is 1. The minimum absolute atomic E-state index is 0.188. The van der Waals surface area contributed by atoms with E-state index in [-0.39, 0.29) is 30.9 Å². The van der Waals surface area contributed by atoms with Crippen LogP contribution in [0.3, 0.4) is 0 Å². The molecule has 9 heteroatoms. The van der Waals surface area contributed by atoms with E-state index in [0.717, 1.165) is 5.56 Å². The lowest BCUT2D eigenvalue weighted by Crippen LogP contribution is -2.58. The van der Waals surface area contributed by atoms with Gasteiger partial charge >= 0.3 is 0 Å². The number of rotatable bonds is 12. The average Bonchev–Trinajstić information content (AvgIpc) is 3.66. The molecule has 0 aliphatic carbocycles. The van der Waals surface area contributed by atoms with E-state index in [4.69, 9.17) is 9.47 Å². The largest absolute Gasteiger partial charge is 0.497 e. The first kappa shape index (κ1) is 29.5. The Hall–Kier alpha value is -3.95. The van der Waals surface area contributed by atoms with E-state index < -0.39 is 35.6 Å². The highest BCUT2D eigenvalue weighted by atomic mass is 16.5. The van der Waals surface area contributed by atoms with Crippen LogP contribution in [0.1, 0.15) is 25.3 Å². The van der Waals surface area contributed by atoms with E-state index in [1.807, 2.05) is 30.3 Å². The number of fused-ring (bicyclic) bond motifs is 1. The van der Waals surface area contributed by atoms with Crippen LogP contribution in [0.2, 0.25) is 0 Å². The number of amides is 3. The van der Waals surface area contributed by atoms with E-state index in [2.05, 4.69) is 13.2 Å². The van der Waals surface area contributed by atoms with Gasteiger partial charge in [0.25, 0.3) is 5.91 Å². The van der Waals surface area contributed by atoms with E-state index in [1.54, 1.807) is 60.3 Å². The quantitative estimate of drug-likeness (QED) is 0.392. The van der Waals surface area contributed by atoms with Gasteiger partial charge in [0.2, 0.25) is 11.8 Å². The molecule has 222 valence electrons. The number of aliphatic hydroxyl groups excluding tert-OH is 1. The summed E-state index contributed by atoms with van der Waals surface area (Å²) in [6, 6.07) is 15.1. The summed E-state index contributed by atoms with van der Waals surface area (Å²) in [6.07, 6.45) is 3.85. The third-order valence-electron chi connectivity index (χ3n) is 8.84. The summed E-state index contributed by atoms with van der Waals surface area (Å²) in [6.45, 7) is 9.95. The Labute approximate surface area is 247 Å². The zero-order valence-corrected chi connectivity index (χ0v) is 24.2. The summed E-state index contributed by atoms with van der Waals surface area (Å²) in [4.78, 5) is 47.8. The van der Waals surface area contributed by atoms with Gasteiger partial charge in [-0.1, -0.05) is 42.5 Å². The fourth-order valence-electron chi connectivity index (χ4n) is 6.98. The van der Waals surface area contributed by atoms with E-state index in [9.17, 15) is 19.5 Å². The molecule has 0 aromatic heterocycles. The van der Waals surface area contributed by atoms with Crippen molar-refractivity contribution in [2.24, 2.45) is 11.8 Å². The van der Waals surface area contributed by atoms with Gasteiger partial charge in [-0.3, -0.25) is 14.4 Å². The summed E-state index contributed by atoms with van der Waals surface area (Å²) in [5, 5.41) is 10.2. The van der Waals surface area contributed by atoms with Gasteiger partial charge in [0.05, 0.1) is 37.7 Å². The van der Waals surface area contributed by atoms with E-state index >= 15 is 0 Å². The molecule has 3 aliphatic rings. The first-order chi connectivity index (χ1) is 20.3. The molecule has 6 atom stereocenters. The molecule has 3 saturated heterocycles. The fraction of sp³-hybridized carbons (Fsp3) is 0.424. The van der Waals surface area contributed by atoms with Gasteiger partial charge in [0.15, 0.2) is 0 Å². The molecule has 3 heterocycles. The SMILES string of the molecule is C=CCN(Cc1ccccc1)C(=O)[C@@H]1[C@@H]2CCC3(O2)C(C(=O)N(CC=C)c2ccc(OC)cc2)N([C@H](C)CO)C(=O)[C@H]13. The van der Waals surface area contributed by atoms with Crippen LogP contribution in [-0.4, -0.2) is 83.2 Å². The smallest absolute Gasteiger partial charge is 0.253 e. The number of hydrogen-bond acceptors (Lipinski definition) is 6. The van der Waals surface area contributed by atoms with Crippen LogP contribution in [0.15, 0.2) is 79.9 Å². The van der Waals surface area contributed by atoms with Gasteiger partial charge in [0, 0.05) is 25.3 Å². The van der Waals surface area contributed by atoms with Gasteiger partial charge in [-0.05, 0) is 49.6 Å². The molecule has 0 saturated carbocycles. The topological polar surface area (TPSA) is 99.6 Å². The first-order valence-corrected chi connectivity index (χ1v) is 14.4. The Morgan fingerprint density at radius 1 is 1.12 bits per heavy atom. The number of hydrogen-bond donors (Lipinski definition) is 1. The molecule has 1 N–H and O–H groups in total. The Balaban J connectivity index is 1.52. The lowest BCUT2D eigenvalue weighted by molar-refractivity contribution is -0.147. The molecule has 1 spiro atoms. The Morgan fingerprint density at radius 2 is 1.81 bits per heavy atom. The van der Waals surface area contributed by atoms with Crippen molar-refractivity contribution in [1.82, 2.24) is 9.80 Å². The molecular formula is C33H39N3O6. The number of carbonyl (C=O) groups excluding carboxylic acids is 3. The molecule has 5 rings (SSSR count). The molecule has 2 aromatic rings. The average molecular weight is 574 g/mol. The van der Waals surface area contributed by atoms with Crippen molar-refractivity contribution in [3.63, 3.8) is 0 Å². The highest BCUT2D eigenvalue weighted by Crippen LogP contribution is 2.59. The Kier molecular flexibility index (Phi) is 8.52. The third kappa shape index (κ3) is 4.90. The highest BCUT2D eigenvalue weighted by Gasteiger charge is 2.75. The van der Waals surface area contributed by atoms with Crippen LogP contribution >= 0.6 is 0 Å². The zero-order chi connectivity index (χ0) is 30.0. The van der Waals surface area contributed by atoms with Crippen molar-refractivity contribution in [1.29, 1.82) is 0 Å². The van der Waals surface area contributed by atoms with Crippen LogP contribution in [0, 0.1) is 11.8 Å². The number of likely N-dealkylation sites (tertiary alicyclic amines) is 1. The van der Waals surface area contributed by atoms with Crippen LogP contribution in [0.25, 0.3) is 0 Å². The van der Waals surface area contributed by atoms with Gasteiger partial charge in [-0.2, -0.15) is 0 Å². The first-order valence-electron chi connectivity index (χ1n) is 14.4. The molecule has 42 heavy (non-hydrogen) atoms. The van der Waals surface area contributed by atoms with Crippen molar-refractivity contribution >= 4 is 23.4 Å². The second kappa shape index (κ2) is 12.1. The lowest BCUT2D eigenvalue weighted by atomic mass is 9.70. The number of carbonyl (C=O) groups is 3. The number of anilines is 1. The predicted molar refractivity (Wildman–Crippen MR) is 159 cm³/mol. The van der Waals surface area contributed by atoms with Gasteiger partial charge in [0.1, 0.15) is 17.4 Å². The molecule has 0 radical (unpaired) electrons. The molecule has 2 unspecified atom stereocenters. The van der Waals surface area contributed by atoms with Gasteiger partial charge < -0.3 is 29.3 Å². The highest BCUT2D eigenvalue weighted by molar-refractivity contribution is 6.05. The van der Waals surface area contributed by atoms with E-state index in [0.29, 0.717) is 37.4 Å². The number of aliphatic hydroxyl groups is 1. The molecule has 3 amide bonds. The zero-order valence-electron chi connectivity index (χ0n) is 24.2. The summed E-state index contributed by atoms with van der Waals surface area (Å²) in [5.74, 6) is -1.79. The van der Waals surface area contributed by atoms with Crippen molar-refractivity contribution in [2.45, 2.75) is 50.1 Å². The Bertz CT molecular complexity index is 1330. The maximum Gasteiger partial charge on any atom is 0.253 e. The Morgan fingerprint density at radius 3 is 2.43 bits per heavy atom. The normalized spacial score (nSPS) is 26.5. The lowest BCUT2D eigenvalue weighted by Gasteiger charge is -2.38. The van der Waals surface area contributed by atoms with Crippen LogP contribution in [0.4, 0.5) is 5.69 Å². The maximum atomic E-state index is 14.5. The fourth-order valence-corrected chi connectivity index (χ4v) is 6.98. The second-order valence-electron chi connectivity index (χ2n) is 11.3. The number of benzene rings is 2. The number of nitrogens with zero attached hydrogens (tertiary/aromatic N) is 3. The molecule has 3 fully saturated rings. The summed E-state index contributed by atoms with van der Waals surface area (Å²) >= 11 is 0. The van der Waals surface area contributed by atoms with Crippen molar-refractivity contribution in [2.75, 3.05) is 31.7 Å². The standard InChI is InChI=1S/C33H39N3O6/c1-5-18-34(20-23-10-8-7-9-11-23)30(38)27-26-16-17-33(42-26)28(27)31(39)36(22(3)21-37)29(33)32(40)35(19-6-2)24-12-14-25(41-4)15-13-24/h5-15,22,26-29,37H,1-2,16-21H2,3-4H3/t22-,26+,27-,28+,29?,33?/m1/s1. The summed E-state index contributed by atoms with van der Waals surface area (Å²) < 4.78 is 11.9. The van der Waals surface area contributed by atoms with Crippen LogP contribution in [-0.2, 0) is 25.7 Å². The van der Waals surface area contributed by atoms with Crippen LogP contribution in [0.5, 0.6) is 5.75 Å². The monoisotopic (exact) mass is 573 g/mol. The molecule has 3 aliphatic heterocycles. The molecule has 2 aromatic carbocycles. The second-order valence-corrected chi connectivity index (χ2v) is 11.3. The van der Waals surface area contributed by atoms with Crippen molar-refractivity contribution in [3.05, 3.63) is 85.5 Å². The minimum atomic E-state index is -1.18. The van der Waals surface area contributed by atoms with Gasteiger partial charge in [-0.15, -0.1) is 13.2 Å². The minimum Gasteiger partial charge on any atom is -0.497 e. The number of ether oxygens (including phenoxy) is 2. The van der Waals surface area contributed by atoms with Crippen LogP contribution < -0.4 is 9.64 Å². The van der Waals surface area contributed by atoms with Gasteiger partial charge in [-0.25, -0.2) is 0 Å². The summed E-state index contributed by atoms with van der Waals surface area (Å²) in [7, 11) is 1.57. The molecule has 9 nitrogen and oxygen atoms in total.